The van der Waals surface area contributed by atoms with E-state index < -0.39 is 10.0 Å². The molecule has 2 aromatic rings. The third-order valence-electron chi connectivity index (χ3n) is 5.09. The lowest BCUT2D eigenvalue weighted by Crippen LogP contribution is -2.44. The van der Waals surface area contributed by atoms with Crippen LogP contribution in [0.5, 0.6) is 0 Å². The number of hydrogen-bond acceptors (Lipinski definition) is 3. The van der Waals surface area contributed by atoms with Crippen LogP contribution in [0, 0.1) is 11.7 Å². The summed E-state index contributed by atoms with van der Waals surface area (Å²) in [4.78, 5) is 4.54. The molecule has 6 nitrogen and oxygen atoms in total. The van der Waals surface area contributed by atoms with Crippen molar-refractivity contribution >= 4 is 40.0 Å². The van der Waals surface area contributed by atoms with Crippen molar-refractivity contribution in [2.24, 2.45) is 10.9 Å². The van der Waals surface area contributed by atoms with Crippen LogP contribution in [0.15, 0.2) is 64.5 Å². The van der Waals surface area contributed by atoms with Crippen LogP contribution < -0.4 is 10.6 Å². The lowest BCUT2D eigenvalue weighted by molar-refractivity contribution is 0.273. The van der Waals surface area contributed by atoms with Crippen molar-refractivity contribution in [2.75, 3.05) is 26.7 Å². The van der Waals surface area contributed by atoms with Gasteiger partial charge in [0.15, 0.2) is 5.96 Å². The Morgan fingerprint density at radius 3 is 2.43 bits per heavy atom. The van der Waals surface area contributed by atoms with Gasteiger partial charge < -0.3 is 10.6 Å². The molecule has 2 N–H and O–H groups in total. The van der Waals surface area contributed by atoms with Gasteiger partial charge in [0.2, 0.25) is 10.0 Å². The van der Waals surface area contributed by atoms with E-state index in [0.29, 0.717) is 43.0 Å². The molecule has 1 fully saturated rings. The minimum Gasteiger partial charge on any atom is -0.356 e. The highest BCUT2D eigenvalue weighted by molar-refractivity contribution is 14.0. The predicted molar refractivity (Wildman–Crippen MR) is 128 cm³/mol. The fourth-order valence-electron chi connectivity index (χ4n) is 3.39. The summed E-state index contributed by atoms with van der Waals surface area (Å²) in [5.41, 5.74) is 0.840. The molecule has 0 bridgehead atoms. The van der Waals surface area contributed by atoms with Crippen LogP contribution in [0.25, 0.3) is 0 Å². The van der Waals surface area contributed by atoms with Crippen molar-refractivity contribution in [1.29, 1.82) is 0 Å². The van der Waals surface area contributed by atoms with Crippen LogP contribution in [0.4, 0.5) is 4.39 Å². The number of aliphatic imine (C=N–C) groups is 1. The first-order valence-electron chi connectivity index (χ1n) is 9.73. The Kier molecular flexibility index (Phi) is 9.50. The van der Waals surface area contributed by atoms with Gasteiger partial charge in [-0.25, -0.2) is 12.8 Å². The third-order valence-corrected chi connectivity index (χ3v) is 7.00. The van der Waals surface area contributed by atoms with E-state index in [9.17, 15) is 12.8 Å². The molecule has 30 heavy (non-hydrogen) atoms. The summed E-state index contributed by atoms with van der Waals surface area (Å²) >= 11 is 0. The van der Waals surface area contributed by atoms with Crippen LogP contribution >= 0.6 is 24.0 Å². The molecule has 0 atom stereocenters. The lowest BCUT2D eigenvalue weighted by atomic mass is 9.98. The van der Waals surface area contributed by atoms with E-state index in [-0.39, 0.29) is 29.8 Å². The molecule has 0 saturated carbocycles. The summed E-state index contributed by atoms with van der Waals surface area (Å²) in [5, 5.41) is 6.46. The molecule has 0 aromatic heterocycles. The standard InChI is InChI=1S/C21H27FN4O2S.HI/c1-23-21(25-16-18-6-5-7-19(22)14-18)24-15-17-10-12-26(13-11-17)29(27,28)20-8-3-2-4-9-20;/h2-9,14,17H,10-13,15-16H2,1H3,(H2,23,24,25);1H. The first-order valence-corrected chi connectivity index (χ1v) is 11.2. The van der Waals surface area contributed by atoms with Crippen molar-refractivity contribution in [2.45, 2.75) is 24.3 Å². The average molecular weight is 546 g/mol. The van der Waals surface area contributed by atoms with Gasteiger partial charge in [-0.1, -0.05) is 30.3 Å². The number of halogens is 2. The van der Waals surface area contributed by atoms with Crippen molar-refractivity contribution < 1.29 is 12.8 Å². The molecule has 0 unspecified atom stereocenters. The van der Waals surface area contributed by atoms with Crippen molar-refractivity contribution in [3.63, 3.8) is 0 Å². The van der Waals surface area contributed by atoms with Crippen LogP contribution in [-0.4, -0.2) is 45.4 Å². The first-order chi connectivity index (χ1) is 14.0. The Balaban J connectivity index is 0.00000320. The lowest BCUT2D eigenvalue weighted by Gasteiger charge is -2.31. The van der Waals surface area contributed by atoms with Gasteiger partial charge in [0.25, 0.3) is 0 Å². The molecule has 1 aliphatic heterocycles. The fourth-order valence-corrected chi connectivity index (χ4v) is 4.88. The summed E-state index contributed by atoms with van der Waals surface area (Å²) < 4.78 is 40.2. The topological polar surface area (TPSA) is 73.8 Å². The zero-order chi connectivity index (χ0) is 20.7. The molecule has 0 amide bonds. The van der Waals surface area contributed by atoms with Crippen molar-refractivity contribution in [3.05, 3.63) is 66.0 Å². The fraction of sp³-hybridized carbons (Fsp3) is 0.381. The number of sulfonamides is 1. The molecular weight excluding hydrogens is 518 g/mol. The molecule has 0 radical (unpaired) electrons. The maximum Gasteiger partial charge on any atom is 0.243 e. The molecule has 0 spiro atoms. The monoisotopic (exact) mass is 546 g/mol. The highest BCUT2D eigenvalue weighted by Gasteiger charge is 2.29. The van der Waals surface area contributed by atoms with Gasteiger partial charge in [-0.2, -0.15) is 4.31 Å². The summed E-state index contributed by atoms with van der Waals surface area (Å²) in [6.07, 6.45) is 1.58. The molecule has 1 saturated heterocycles. The number of nitrogens with one attached hydrogen (secondary N) is 2. The zero-order valence-corrected chi connectivity index (χ0v) is 20.1. The second-order valence-corrected chi connectivity index (χ2v) is 9.04. The van der Waals surface area contributed by atoms with Crippen molar-refractivity contribution in [3.8, 4) is 0 Å². The van der Waals surface area contributed by atoms with E-state index in [1.165, 1.54) is 12.1 Å². The zero-order valence-electron chi connectivity index (χ0n) is 16.9. The Hall–Kier alpha value is -1.72. The number of rotatable bonds is 6. The number of benzene rings is 2. The normalized spacial score (nSPS) is 16.0. The summed E-state index contributed by atoms with van der Waals surface area (Å²) in [7, 11) is -1.73. The van der Waals surface area contributed by atoms with E-state index in [1.54, 1.807) is 41.7 Å². The van der Waals surface area contributed by atoms with Crippen LogP contribution in [-0.2, 0) is 16.6 Å². The molecule has 0 aliphatic carbocycles. The average Bonchev–Trinajstić information content (AvgIpc) is 2.75. The second kappa shape index (κ2) is 11.6. The predicted octanol–water partition coefficient (Wildman–Crippen LogP) is 3.21. The van der Waals surface area contributed by atoms with Gasteiger partial charge >= 0.3 is 0 Å². The molecule has 3 rings (SSSR count). The molecule has 9 heteroatoms. The number of hydrogen-bond donors (Lipinski definition) is 2. The van der Waals surface area contributed by atoms with Gasteiger partial charge in [0.05, 0.1) is 4.90 Å². The Labute approximate surface area is 195 Å². The second-order valence-electron chi connectivity index (χ2n) is 7.10. The molecule has 164 valence electrons. The molecule has 1 aliphatic rings. The Bertz CT molecular complexity index is 933. The summed E-state index contributed by atoms with van der Waals surface area (Å²) in [5.74, 6) is 0.753. The summed E-state index contributed by atoms with van der Waals surface area (Å²) in [6.45, 7) is 2.21. The number of nitrogens with zero attached hydrogens (tertiary/aromatic N) is 2. The van der Waals surface area contributed by atoms with Gasteiger partial charge in [-0.05, 0) is 48.6 Å². The first kappa shape index (κ1) is 24.5. The van der Waals surface area contributed by atoms with E-state index in [1.807, 2.05) is 12.1 Å². The Morgan fingerprint density at radius 1 is 1.10 bits per heavy atom. The maximum atomic E-state index is 13.3. The highest BCUT2D eigenvalue weighted by atomic mass is 127. The third kappa shape index (κ3) is 6.64. The van der Waals surface area contributed by atoms with Gasteiger partial charge in [-0.3, -0.25) is 4.99 Å². The van der Waals surface area contributed by atoms with Crippen molar-refractivity contribution in [1.82, 2.24) is 14.9 Å². The highest BCUT2D eigenvalue weighted by Crippen LogP contribution is 2.23. The molecule has 2 aromatic carbocycles. The quantitative estimate of drug-likeness (QED) is 0.332. The van der Waals surface area contributed by atoms with Crippen LogP contribution in [0.1, 0.15) is 18.4 Å². The van der Waals surface area contributed by atoms with Crippen LogP contribution in [0.3, 0.4) is 0 Å². The minimum atomic E-state index is -3.42. The van der Waals surface area contributed by atoms with Gasteiger partial charge in [-0.15, -0.1) is 24.0 Å². The largest absolute Gasteiger partial charge is 0.356 e. The SMILES string of the molecule is CN=C(NCc1cccc(F)c1)NCC1CCN(S(=O)(=O)c2ccccc2)CC1.I. The van der Waals surface area contributed by atoms with Crippen LogP contribution in [0.2, 0.25) is 0 Å². The number of guanidine groups is 1. The van der Waals surface area contributed by atoms with Gasteiger partial charge in [0.1, 0.15) is 5.82 Å². The number of piperidine rings is 1. The van der Waals surface area contributed by atoms with E-state index in [0.717, 1.165) is 18.4 Å². The smallest absolute Gasteiger partial charge is 0.243 e. The summed E-state index contributed by atoms with van der Waals surface area (Å²) in [6, 6.07) is 15.0. The minimum absolute atomic E-state index is 0. The maximum absolute atomic E-state index is 13.3. The van der Waals surface area contributed by atoms with Gasteiger partial charge in [0, 0.05) is 33.2 Å². The molecular formula is C21H28FIN4O2S. The van der Waals surface area contributed by atoms with E-state index >= 15 is 0 Å². The van der Waals surface area contributed by atoms with E-state index in [4.69, 9.17) is 0 Å². The Morgan fingerprint density at radius 2 is 1.80 bits per heavy atom. The molecule has 1 heterocycles. The van der Waals surface area contributed by atoms with E-state index in [2.05, 4.69) is 15.6 Å².